The van der Waals surface area contributed by atoms with Crippen LogP contribution in [0.4, 0.5) is 4.39 Å². The van der Waals surface area contributed by atoms with Crippen molar-refractivity contribution in [2.75, 3.05) is 27.1 Å². The Morgan fingerprint density at radius 1 is 0.971 bits per heavy atom. The molecule has 0 atom stereocenters. The average Bonchev–Trinajstić information content (AvgIpc) is 3.32. The number of carbonyl (C=O) groups excluding carboxylic acids is 2. The predicted octanol–water partition coefficient (Wildman–Crippen LogP) is 2.57. The molecule has 2 aromatic carbocycles. The number of amides is 2. The van der Waals surface area contributed by atoms with E-state index in [9.17, 15) is 14.0 Å². The van der Waals surface area contributed by atoms with Crippen LogP contribution >= 0.6 is 11.8 Å². The fraction of sp³-hybridized carbons (Fsp3) is 0.273. The van der Waals surface area contributed by atoms with Crippen molar-refractivity contribution in [2.45, 2.75) is 18.3 Å². The number of aromatic nitrogens is 2. The highest BCUT2D eigenvalue weighted by Gasteiger charge is 2.18. The Labute approximate surface area is 199 Å². The standard InChI is InChI=1S/C22H23FN4O6S/c1-30-16-8-14(9-17(31-2)20(16)32-3)21(29)25-11-19-26-27-22(33-19)34-12-18(28)24-10-13-4-6-15(23)7-5-13/h4-9H,10-12H2,1-3H3,(H,24,28)(H,25,29). The van der Waals surface area contributed by atoms with Crippen LogP contribution in [-0.4, -0.2) is 49.1 Å². The van der Waals surface area contributed by atoms with Gasteiger partial charge in [-0.05, 0) is 29.8 Å². The molecule has 0 saturated heterocycles. The van der Waals surface area contributed by atoms with Crippen molar-refractivity contribution < 1.29 is 32.6 Å². The second-order valence-corrected chi connectivity index (χ2v) is 7.68. The van der Waals surface area contributed by atoms with Gasteiger partial charge in [0.05, 0.1) is 33.6 Å². The molecule has 3 aromatic rings. The molecule has 1 aromatic heterocycles. The Morgan fingerprint density at radius 3 is 2.26 bits per heavy atom. The Bertz CT molecular complexity index is 1110. The minimum Gasteiger partial charge on any atom is -0.493 e. The summed E-state index contributed by atoms with van der Waals surface area (Å²) in [6.45, 7) is 0.265. The smallest absolute Gasteiger partial charge is 0.277 e. The van der Waals surface area contributed by atoms with Crippen LogP contribution in [0, 0.1) is 5.82 Å². The monoisotopic (exact) mass is 490 g/mol. The number of ether oxygens (including phenoxy) is 3. The molecule has 0 bridgehead atoms. The SMILES string of the molecule is COc1cc(C(=O)NCc2nnc(SCC(=O)NCc3ccc(F)cc3)o2)cc(OC)c1OC. The summed E-state index contributed by atoms with van der Waals surface area (Å²) in [7, 11) is 4.39. The molecule has 0 spiro atoms. The maximum atomic E-state index is 12.9. The largest absolute Gasteiger partial charge is 0.493 e. The van der Waals surface area contributed by atoms with Gasteiger partial charge in [0.2, 0.25) is 17.5 Å². The fourth-order valence-electron chi connectivity index (χ4n) is 2.82. The molecule has 34 heavy (non-hydrogen) atoms. The van der Waals surface area contributed by atoms with Crippen LogP contribution in [0.15, 0.2) is 46.0 Å². The number of nitrogens with zero attached hydrogens (tertiary/aromatic N) is 2. The van der Waals surface area contributed by atoms with E-state index < -0.39 is 5.91 Å². The van der Waals surface area contributed by atoms with Crippen LogP contribution in [-0.2, 0) is 17.9 Å². The molecule has 0 radical (unpaired) electrons. The van der Waals surface area contributed by atoms with Crippen molar-refractivity contribution in [3.05, 3.63) is 59.2 Å². The lowest BCUT2D eigenvalue weighted by molar-refractivity contribution is -0.118. The molecule has 180 valence electrons. The highest BCUT2D eigenvalue weighted by Crippen LogP contribution is 2.38. The van der Waals surface area contributed by atoms with Gasteiger partial charge in [-0.15, -0.1) is 10.2 Å². The first-order valence-electron chi connectivity index (χ1n) is 9.98. The van der Waals surface area contributed by atoms with E-state index in [0.717, 1.165) is 17.3 Å². The molecule has 2 N–H and O–H groups in total. The van der Waals surface area contributed by atoms with Crippen molar-refractivity contribution in [1.29, 1.82) is 0 Å². The van der Waals surface area contributed by atoms with E-state index in [0.29, 0.717) is 22.8 Å². The number of thioether (sulfide) groups is 1. The average molecular weight is 491 g/mol. The highest BCUT2D eigenvalue weighted by atomic mass is 32.2. The van der Waals surface area contributed by atoms with Gasteiger partial charge in [0.1, 0.15) is 5.82 Å². The number of nitrogens with one attached hydrogen (secondary N) is 2. The first-order chi connectivity index (χ1) is 16.4. The zero-order valence-electron chi connectivity index (χ0n) is 18.7. The molecule has 2 amide bonds. The molecular weight excluding hydrogens is 467 g/mol. The molecule has 0 saturated carbocycles. The van der Waals surface area contributed by atoms with E-state index in [1.165, 1.54) is 45.6 Å². The summed E-state index contributed by atoms with van der Waals surface area (Å²) in [5.74, 6) is 0.314. The topological polar surface area (TPSA) is 125 Å². The molecule has 0 fully saturated rings. The maximum absolute atomic E-state index is 12.9. The van der Waals surface area contributed by atoms with Crippen LogP contribution in [0.25, 0.3) is 0 Å². The summed E-state index contributed by atoms with van der Waals surface area (Å²) in [5, 5.41) is 13.3. The van der Waals surface area contributed by atoms with Crippen molar-refractivity contribution in [1.82, 2.24) is 20.8 Å². The van der Waals surface area contributed by atoms with Crippen LogP contribution < -0.4 is 24.8 Å². The van der Waals surface area contributed by atoms with E-state index in [2.05, 4.69) is 20.8 Å². The first-order valence-corrected chi connectivity index (χ1v) is 11.0. The fourth-order valence-corrected chi connectivity index (χ4v) is 3.43. The van der Waals surface area contributed by atoms with Gasteiger partial charge in [-0.25, -0.2) is 4.39 Å². The van der Waals surface area contributed by atoms with Gasteiger partial charge >= 0.3 is 0 Å². The summed E-state index contributed by atoms with van der Waals surface area (Å²) in [4.78, 5) is 24.6. The minimum atomic E-state index is -0.410. The van der Waals surface area contributed by atoms with Crippen molar-refractivity contribution in [3.8, 4) is 17.2 Å². The summed E-state index contributed by atoms with van der Waals surface area (Å²) >= 11 is 1.06. The Kier molecular flexibility index (Phi) is 8.68. The Balaban J connectivity index is 1.48. The van der Waals surface area contributed by atoms with E-state index >= 15 is 0 Å². The van der Waals surface area contributed by atoms with Crippen LogP contribution in [0.3, 0.4) is 0 Å². The first kappa shape index (κ1) is 24.8. The van der Waals surface area contributed by atoms with Gasteiger partial charge in [-0.2, -0.15) is 0 Å². The number of hydrogen-bond donors (Lipinski definition) is 2. The molecule has 1 heterocycles. The van der Waals surface area contributed by atoms with Gasteiger partial charge in [0.25, 0.3) is 11.1 Å². The number of rotatable bonds is 11. The third-order valence-electron chi connectivity index (χ3n) is 4.51. The van der Waals surface area contributed by atoms with Crippen molar-refractivity contribution in [2.24, 2.45) is 0 Å². The van der Waals surface area contributed by atoms with E-state index in [1.54, 1.807) is 12.1 Å². The van der Waals surface area contributed by atoms with Gasteiger partial charge in [-0.3, -0.25) is 9.59 Å². The molecule has 0 aliphatic carbocycles. The van der Waals surface area contributed by atoms with Gasteiger partial charge in [0, 0.05) is 12.1 Å². The summed E-state index contributed by atoms with van der Waals surface area (Å²) in [6.07, 6.45) is 0. The number of hydrogen-bond acceptors (Lipinski definition) is 9. The third kappa shape index (κ3) is 6.61. The van der Waals surface area contributed by atoms with Crippen LogP contribution in [0.1, 0.15) is 21.8 Å². The van der Waals surface area contributed by atoms with Crippen molar-refractivity contribution >= 4 is 23.6 Å². The van der Waals surface area contributed by atoms with E-state index in [4.69, 9.17) is 18.6 Å². The zero-order valence-corrected chi connectivity index (χ0v) is 19.5. The number of carbonyl (C=O) groups is 2. The Morgan fingerprint density at radius 2 is 1.65 bits per heavy atom. The Hall–Kier alpha value is -3.80. The number of methoxy groups -OCH3 is 3. The lowest BCUT2D eigenvalue weighted by Gasteiger charge is -2.13. The molecule has 0 aliphatic heterocycles. The quantitative estimate of drug-likeness (QED) is 0.390. The van der Waals surface area contributed by atoms with Crippen molar-refractivity contribution in [3.63, 3.8) is 0 Å². The number of benzene rings is 2. The molecular formula is C22H23FN4O6S. The van der Waals surface area contributed by atoms with Crippen LogP contribution in [0.5, 0.6) is 17.2 Å². The highest BCUT2D eigenvalue weighted by molar-refractivity contribution is 7.99. The van der Waals surface area contributed by atoms with Gasteiger partial charge < -0.3 is 29.3 Å². The van der Waals surface area contributed by atoms with Gasteiger partial charge in [0.15, 0.2) is 11.5 Å². The maximum Gasteiger partial charge on any atom is 0.277 e. The minimum absolute atomic E-state index is 0.0141. The molecule has 3 rings (SSSR count). The normalized spacial score (nSPS) is 10.5. The lowest BCUT2D eigenvalue weighted by atomic mass is 10.1. The van der Waals surface area contributed by atoms with Gasteiger partial charge in [-0.1, -0.05) is 23.9 Å². The second kappa shape index (κ2) is 11.9. The summed E-state index contributed by atoms with van der Waals surface area (Å²) in [6, 6.07) is 8.90. The summed E-state index contributed by atoms with van der Waals surface area (Å²) in [5.41, 5.74) is 1.07. The lowest BCUT2D eigenvalue weighted by Crippen LogP contribution is -2.24. The van der Waals surface area contributed by atoms with E-state index in [-0.39, 0.29) is 41.7 Å². The predicted molar refractivity (Wildman–Crippen MR) is 121 cm³/mol. The zero-order chi connectivity index (χ0) is 24.5. The molecule has 12 heteroatoms. The molecule has 10 nitrogen and oxygen atoms in total. The third-order valence-corrected chi connectivity index (χ3v) is 5.32. The summed E-state index contributed by atoms with van der Waals surface area (Å²) < 4.78 is 34.1. The molecule has 0 unspecified atom stereocenters. The second-order valence-electron chi connectivity index (χ2n) is 6.75. The number of halogens is 1. The van der Waals surface area contributed by atoms with E-state index in [1.807, 2.05) is 0 Å². The van der Waals surface area contributed by atoms with Crippen LogP contribution in [0.2, 0.25) is 0 Å². The molecule has 0 aliphatic rings.